The molecule has 3 unspecified atom stereocenters. The van der Waals surface area contributed by atoms with Gasteiger partial charge in [-0.1, -0.05) is 72.8 Å². The number of hydrogen-bond donors (Lipinski definition) is 0. The van der Waals surface area contributed by atoms with Crippen LogP contribution in [0.4, 0.5) is 0 Å². The van der Waals surface area contributed by atoms with Gasteiger partial charge in [-0.2, -0.15) is 0 Å². The summed E-state index contributed by atoms with van der Waals surface area (Å²) in [5.74, 6) is 1.00. The van der Waals surface area contributed by atoms with Crippen molar-refractivity contribution in [1.82, 2.24) is 0 Å². The number of fused-ring (bicyclic) bond motifs is 3. The van der Waals surface area contributed by atoms with Crippen molar-refractivity contribution < 1.29 is 63.0 Å². The van der Waals surface area contributed by atoms with E-state index in [-0.39, 0.29) is 24.8 Å². The molecule has 4 aliphatic rings. The van der Waals surface area contributed by atoms with Gasteiger partial charge in [0.25, 0.3) is 0 Å². The molecule has 0 saturated carbocycles. The normalized spacial score (nSPS) is 22.6. The second-order valence-electron chi connectivity index (χ2n) is 14.6. The Morgan fingerprint density at radius 3 is 1.40 bits per heavy atom. The quantitative estimate of drug-likeness (QED) is 0.299. The third-order valence-electron chi connectivity index (χ3n) is 8.16. The summed E-state index contributed by atoms with van der Waals surface area (Å²) in [6.07, 6.45) is 20.8. The molecular formula is C36H38Cl4Zr2. The summed E-state index contributed by atoms with van der Waals surface area (Å²) < 4.78 is 10.1. The molecule has 42 heavy (non-hydrogen) atoms. The van der Waals surface area contributed by atoms with E-state index < -0.39 is 13.4 Å². The van der Waals surface area contributed by atoms with Crippen molar-refractivity contribution in [3.8, 4) is 0 Å². The molecule has 0 N–H and O–H groups in total. The molecule has 0 bridgehead atoms. The van der Waals surface area contributed by atoms with Crippen LogP contribution in [-0.2, 0) is 38.1 Å². The molecule has 0 spiro atoms. The minimum absolute atomic E-state index is 0. The van der Waals surface area contributed by atoms with Crippen LogP contribution in [0.15, 0.2) is 113 Å². The Morgan fingerprint density at radius 1 is 0.619 bits per heavy atom. The van der Waals surface area contributed by atoms with Gasteiger partial charge >= 0.3 is 153 Å². The summed E-state index contributed by atoms with van der Waals surface area (Å²) in [6, 6.07) is 26.0. The summed E-state index contributed by atoms with van der Waals surface area (Å²) in [6.45, 7) is 0. The predicted molar refractivity (Wildman–Crippen MR) is 172 cm³/mol. The zero-order valence-electron chi connectivity index (χ0n) is 24.6. The van der Waals surface area contributed by atoms with Gasteiger partial charge in [0.2, 0.25) is 0 Å². The van der Waals surface area contributed by atoms with Crippen LogP contribution in [0.5, 0.6) is 0 Å². The van der Waals surface area contributed by atoms with Crippen LogP contribution in [-0.4, -0.2) is 0 Å². The standard InChI is InChI=1S/C18H14.C9H7.C5H5.4CH3.4ClH.2Zr/c1-3-7-15-13(5-1)9-11-17(15)18-12-10-14-6-2-4-8-16(14)18;1-2-5-9-7-3-6-8(9)4-1;1-2-4-5-3-1;;;;;;;;;;/h1-12,17-18H;1-7H;1-3H,4H2;4*1H3;4*1H;;/q;;;;;;;;;;;2*+2/p-4. The molecule has 0 saturated heterocycles. The van der Waals surface area contributed by atoms with Crippen molar-refractivity contribution in [3.63, 3.8) is 0 Å². The Balaban J connectivity index is 0.000000178. The van der Waals surface area contributed by atoms with Crippen LogP contribution in [0.3, 0.4) is 0 Å². The Bertz CT molecular complexity index is 1560. The molecule has 0 heterocycles. The van der Waals surface area contributed by atoms with Crippen molar-refractivity contribution >= 4 is 35.3 Å². The molecule has 0 radical (unpaired) electrons. The zero-order valence-corrected chi connectivity index (χ0v) is 32.5. The van der Waals surface area contributed by atoms with Gasteiger partial charge < -0.3 is 24.8 Å². The molecule has 4 aliphatic carbocycles. The van der Waals surface area contributed by atoms with Gasteiger partial charge in [-0.05, 0) is 22.3 Å². The molecule has 6 heteroatoms. The minimum atomic E-state index is -4.39. The zero-order chi connectivity index (χ0) is 28.7. The first-order valence-corrected chi connectivity index (χ1v) is 33.0. The molecular weight excluding hydrogens is 757 g/mol. The molecule has 3 aromatic rings. The summed E-state index contributed by atoms with van der Waals surface area (Å²) in [7, 11) is 13.5. The molecule has 7 rings (SSSR count). The Kier molecular flexibility index (Phi) is 10.1. The second-order valence-corrected chi connectivity index (χ2v) is 69.6. The van der Waals surface area contributed by atoms with Gasteiger partial charge in [0, 0.05) is 11.8 Å². The molecule has 3 aromatic carbocycles. The number of hydrogen-bond acceptors (Lipinski definition) is 0. The first kappa shape index (κ1) is 35.8. The average Bonchev–Trinajstić information content (AvgIpc) is 3.70. The Morgan fingerprint density at radius 2 is 1.02 bits per heavy atom. The van der Waals surface area contributed by atoms with Crippen molar-refractivity contribution in [2.75, 3.05) is 0 Å². The van der Waals surface area contributed by atoms with Crippen LogP contribution >= 0.6 is 17.0 Å². The molecule has 0 aromatic heterocycles. The van der Waals surface area contributed by atoms with E-state index >= 15 is 0 Å². The van der Waals surface area contributed by atoms with E-state index in [1.165, 1.54) is 36.7 Å². The van der Waals surface area contributed by atoms with Crippen LogP contribution < -0.4 is 24.8 Å². The number of allylic oxidation sites excluding steroid dienone is 7. The third kappa shape index (κ3) is 8.50. The van der Waals surface area contributed by atoms with Crippen molar-refractivity contribution in [2.24, 2.45) is 0 Å². The first-order chi connectivity index (χ1) is 18.6. The van der Waals surface area contributed by atoms with E-state index in [0.29, 0.717) is 15.5 Å². The molecule has 0 fully saturated rings. The van der Waals surface area contributed by atoms with Gasteiger partial charge in [-0.25, -0.2) is 0 Å². The maximum absolute atomic E-state index is 6.75. The third-order valence-corrected chi connectivity index (χ3v) is 20.7. The summed E-state index contributed by atoms with van der Waals surface area (Å²) in [4.78, 5) is 0. The van der Waals surface area contributed by atoms with Crippen molar-refractivity contribution in [1.29, 1.82) is 0 Å². The molecule has 0 amide bonds. The van der Waals surface area contributed by atoms with Crippen LogP contribution in [0, 0.1) is 0 Å². The fraction of sp³-hybridized carbons (Fsp3) is 0.222. The van der Waals surface area contributed by atoms with Crippen molar-refractivity contribution in [2.45, 2.75) is 40.4 Å². The predicted octanol–water partition coefficient (Wildman–Crippen LogP) is 6.01. The van der Waals surface area contributed by atoms with Crippen LogP contribution in [0.25, 0.3) is 18.2 Å². The fourth-order valence-corrected chi connectivity index (χ4v) is 13.2. The summed E-state index contributed by atoms with van der Waals surface area (Å²) >= 11 is -2.80. The fourth-order valence-electron chi connectivity index (χ4n) is 5.76. The first-order valence-electron chi connectivity index (χ1n) is 14.2. The van der Waals surface area contributed by atoms with E-state index in [2.05, 4.69) is 121 Å². The van der Waals surface area contributed by atoms with Gasteiger partial charge in [-0.15, -0.1) is 0 Å². The SMILES string of the molecule is C1=CC(C2C=Cc3ccccc32)c2ccccc21.[CH3][Zr]([CH3])([CH3])([CH3])([Cl])([Cl])[C]1=CC=CC1.[Cl-].[Cl-].[Zr+2][CH]1C=Cc2ccccc21. The molecule has 3 atom stereocenters. The van der Waals surface area contributed by atoms with E-state index in [0.717, 1.165) is 6.42 Å². The van der Waals surface area contributed by atoms with E-state index in [1.54, 1.807) is 24.7 Å². The van der Waals surface area contributed by atoms with Gasteiger partial charge in [-0.3, -0.25) is 0 Å². The molecule has 218 valence electrons. The Labute approximate surface area is 281 Å². The number of benzene rings is 3. The average molecular weight is 795 g/mol. The monoisotopic (exact) mass is 790 g/mol. The Hall–Kier alpha value is -0.714. The van der Waals surface area contributed by atoms with Gasteiger partial charge in [0.05, 0.1) is 0 Å². The van der Waals surface area contributed by atoms with E-state index in [1.807, 2.05) is 24.6 Å². The molecule has 0 aliphatic heterocycles. The van der Waals surface area contributed by atoms with Gasteiger partial charge in [0.15, 0.2) is 0 Å². The van der Waals surface area contributed by atoms with Crippen LogP contribution in [0.2, 0.25) is 18.5 Å². The number of halogens is 4. The molecule has 0 nitrogen and oxygen atoms in total. The van der Waals surface area contributed by atoms with E-state index in [4.69, 9.17) is 17.0 Å². The summed E-state index contributed by atoms with van der Waals surface area (Å²) in [5.41, 5.74) is 8.58. The second kappa shape index (κ2) is 11.9. The van der Waals surface area contributed by atoms with E-state index in [9.17, 15) is 0 Å². The topological polar surface area (TPSA) is 0 Å². The maximum atomic E-state index is 6.75. The number of rotatable bonds is 2. The van der Waals surface area contributed by atoms with Gasteiger partial charge in [0.1, 0.15) is 0 Å². The van der Waals surface area contributed by atoms with Crippen LogP contribution in [0.1, 0.15) is 55.3 Å². The summed E-state index contributed by atoms with van der Waals surface area (Å²) in [5, 5.41) is 0. The van der Waals surface area contributed by atoms with Crippen molar-refractivity contribution in [3.05, 3.63) is 146 Å².